The highest BCUT2D eigenvalue weighted by molar-refractivity contribution is 5.78. The fraction of sp³-hybridized carbons (Fsp3) is 0.316. The lowest BCUT2D eigenvalue weighted by Crippen LogP contribution is -2.26. The van der Waals surface area contributed by atoms with Gasteiger partial charge in [-0.1, -0.05) is 12.1 Å². The standard InChI is InChI=1S/C19H22FNO3/c1-23-18-6-4-5-15(13-18)14-19(22)21-11-2-3-12-24-17-9-7-16(20)8-10-17/h4-10,13H,2-3,11-12,14H2,1H3,(H,21,22). The van der Waals surface area contributed by atoms with Crippen molar-refractivity contribution in [2.45, 2.75) is 19.3 Å². The summed E-state index contributed by atoms with van der Waals surface area (Å²) in [4.78, 5) is 11.9. The molecule has 128 valence electrons. The normalized spacial score (nSPS) is 10.2. The summed E-state index contributed by atoms with van der Waals surface area (Å²) >= 11 is 0. The molecular weight excluding hydrogens is 309 g/mol. The third-order valence-corrected chi connectivity index (χ3v) is 3.47. The zero-order valence-electron chi connectivity index (χ0n) is 13.8. The van der Waals surface area contributed by atoms with E-state index in [4.69, 9.17) is 9.47 Å². The van der Waals surface area contributed by atoms with Gasteiger partial charge >= 0.3 is 0 Å². The summed E-state index contributed by atoms with van der Waals surface area (Å²) in [5.41, 5.74) is 0.923. The number of halogens is 1. The molecule has 4 nitrogen and oxygen atoms in total. The van der Waals surface area contributed by atoms with Crippen LogP contribution >= 0.6 is 0 Å². The Hall–Kier alpha value is -2.56. The third kappa shape index (κ3) is 6.28. The van der Waals surface area contributed by atoms with E-state index in [-0.39, 0.29) is 11.7 Å². The van der Waals surface area contributed by atoms with E-state index >= 15 is 0 Å². The Bertz CT molecular complexity index is 643. The van der Waals surface area contributed by atoms with Crippen LogP contribution in [0.15, 0.2) is 48.5 Å². The number of nitrogens with one attached hydrogen (secondary N) is 1. The van der Waals surface area contributed by atoms with Crippen LogP contribution in [0.2, 0.25) is 0 Å². The second kappa shape index (κ2) is 9.55. The van der Waals surface area contributed by atoms with Crippen LogP contribution < -0.4 is 14.8 Å². The van der Waals surface area contributed by atoms with Crippen molar-refractivity contribution in [1.82, 2.24) is 5.32 Å². The number of carbonyl (C=O) groups excluding carboxylic acids is 1. The zero-order valence-corrected chi connectivity index (χ0v) is 13.8. The SMILES string of the molecule is COc1cccc(CC(=O)NCCCCOc2ccc(F)cc2)c1. The molecule has 2 aromatic rings. The smallest absolute Gasteiger partial charge is 0.224 e. The minimum Gasteiger partial charge on any atom is -0.497 e. The summed E-state index contributed by atoms with van der Waals surface area (Å²) in [7, 11) is 1.60. The molecule has 0 aliphatic heterocycles. The number of benzene rings is 2. The van der Waals surface area contributed by atoms with Crippen molar-refractivity contribution in [3.63, 3.8) is 0 Å². The minimum absolute atomic E-state index is 0.0114. The molecule has 0 aromatic heterocycles. The number of hydrogen-bond acceptors (Lipinski definition) is 3. The van der Waals surface area contributed by atoms with Gasteiger partial charge in [0.25, 0.3) is 0 Å². The Labute approximate surface area is 141 Å². The van der Waals surface area contributed by atoms with Crippen molar-refractivity contribution in [3.05, 3.63) is 59.9 Å². The number of amides is 1. The van der Waals surface area contributed by atoms with Gasteiger partial charge in [-0.25, -0.2) is 4.39 Å². The Morgan fingerprint density at radius 1 is 1.08 bits per heavy atom. The number of ether oxygens (including phenoxy) is 2. The lowest BCUT2D eigenvalue weighted by molar-refractivity contribution is -0.120. The Kier molecular flexibility index (Phi) is 7.08. The maximum atomic E-state index is 12.7. The molecule has 5 heteroatoms. The second-order valence-corrected chi connectivity index (χ2v) is 5.39. The summed E-state index contributed by atoms with van der Waals surface area (Å²) in [5, 5.41) is 2.89. The van der Waals surface area contributed by atoms with Gasteiger partial charge < -0.3 is 14.8 Å². The van der Waals surface area contributed by atoms with Crippen molar-refractivity contribution in [2.24, 2.45) is 0 Å². The summed E-state index contributed by atoms with van der Waals surface area (Å²) < 4.78 is 23.4. The minimum atomic E-state index is -0.277. The molecule has 1 N–H and O–H groups in total. The molecule has 0 radical (unpaired) electrons. The average Bonchev–Trinajstić information content (AvgIpc) is 2.59. The first-order valence-corrected chi connectivity index (χ1v) is 7.95. The largest absolute Gasteiger partial charge is 0.497 e. The maximum absolute atomic E-state index is 12.7. The molecule has 0 saturated carbocycles. The molecule has 0 heterocycles. The fourth-order valence-electron chi connectivity index (χ4n) is 2.21. The van der Waals surface area contributed by atoms with Gasteiger partial charge in [-0.15, -0.1) is 0 Å². The molecule has 0 saturated heterocycles. The maximum Gasteiger partial charge on any atom is 0.224 e. The molecule has 0 aliphatic rings. The molecule has 0 atom stereocenters. The van der Waals surface area contributed by atoms with Crippen LogP contribution in [0.25, 0.3) is 0 Å². The highest BCUT2D eigenvalue weighted by Crippen LogP contribution is 2.13. The van der Waals surface area contributed by atoms with Crippen molar-refractivity contribution in [2.75, 3.05) is 20.3 Å². The van der Waals surface area contributed by atoms with Crippen molar-refractivity contribution in [1.29, 1.82) is 0 Å². The molecular formula is C19H22FNO3. The molecule has 24 heavy (non-hydrogen) atoms. The van der Waals surface area contributed by atoms with Gasteiger partial charge in [-0.2, -0.15) is 0 Å². The van der Waals surface area contributed by atoms with E-state index in [0.717, 1.165) is 24.2 Å². The van der Waals surface area contributed by atoms with Crippen LogP contribution in [-0.4, -0.2) is 26.2 Å². The number of carbonyl (C=O) groups is 1. The lowest BCUT2D eigenvalue weighted by atomic mass is 10.1. The Balaban J connectivity index is 1.58. The van der Waals surface area contributed by atoms with Crippen molar-refractivity contribution >= 4 is 5.91 Å². The van der Waals surface area contributed by atoms with Crippen molar-refractivity contribution in [3.8, 4) is 11.5 Å². The topological polar surface area (TPSA) is 47.6 Å². The van der Waals surface area contributed by atoms with Crippen LogP contribution in [-0.2, 0) is 11.2 Å². The molecule has 0 fully saturated rings. The Morgan fingerprint density at radius 3 is 2.62 bits per heavy atom. The van der Waals surface area contributed by atoms with E-state index in [1.54, 1.807) is 19.2 Å². The third-order valence-electron chi connectivity index (χ3n) is 3.47. The van der Waals surface area contributed by atoms with Crippen molar-refractivity contribution < 1.29 is 18.7 Å². The zero-order chi connectivity index (χ0) is 17.2. The number of methoxy groups -OCH3 is 1. The second-order valence-electron chi connectivity index (χ2n) is 5.39. The van der Waals surface area contributed by atoms with Gasteiger partial charge in [-0.05, 0) is 54.8 Å². The molecule has 2 rings (SSSR count). The van der Waals surface area contributed by atoms with Gasteiger partial charge in [0.05, 0.1) is 20.1 Å². The fourth-order valence-corrected chi connectivity index (χ4v) is 2.21. The van der Waals surface area contributed by atoms with Crippen LogP contribution in [0.5, 0.6) is 11.5 Å². The predicted octanol–water partition coefficient (Wildman–Crippen LogP) is 3.35. The van der Waals surface area contributed by atoms with Gasteiger partial charge in [-0.3, -0.25) is 4.79 Å². The molecule has 0 bridgehead atoms. The first-order chi connectivity index (χ1) is 11.7. The van der Waals surface area contributed by atoms with E-state index < -0.39 is 0 Å². The van der Waals surface area contributed by atoms with E-state index in [0.29, 0.717) is 25.3 Å². The highest BCUT2D eigenvalue weighted by atomic mass is 19.1. The lowest BCUT2D eigenvalue weighted by Gasteiger charge is -2.08. The van der Waals surface area contributed by atoms with Crippen LogP contribution in [0.3, 0.4) is 0 Å². The summed E-state index contributed by atoms with van der Waals surface area (Å²) in [6.45, 7) is 1.15. The summed E-state index contributed by atoms with van der Waals surface area (Å²) in [5.74, 6) is 1.11. The number of unbranched alkanes of at least 4 members (excludes halogenated alkanes) is 1. The van der Waals surface area contributed by atoms with Gasteiger partial charge in [0.2, 0.25) is 5.91 Å². The Morgan fingerprint density at radius 2 is 1.88 bits per heavy atom. The average molecular weight is 331 g/mol. The first kappa shape index (κ1) is 17.8. The van der Waals surface area contributed by atoms with Gasteiger partial charge in [0.1, 0.15) is 17.3 Å². The molecule has 0 spiro atoms. The molecule has 2 aromatic carbocycles. The predicted molar refractivity (Wildman–Crippen MR) is 90.8 cm³/mol. The summed E-state index contributed by atoms with van der Waals surface area (Å²) in [6, 6.07) is 13.4. The molecule has 0 aliphatic carbocycles. The van der Waals surface area contributed by atoms with E-state index in [9.17, 15) is 9.18 Å². The molecule has 1 amide bonds. The molecule has 0 unspecified atom stereocenters. The van der Waals surface area contributed by atoms with Gasteiger partial charge in [0, 0.05) is 6.54 Å². The summed E-state index contributed by atoms with van der Waals surface area (Å²) in [6.07, 6.45) is 1.98. The van der Waals surface area contributed by atoms with Crippen LogP contribution in [0.4, 0.5) is 4.39 Å². The van der Waals surface area contributed by atoms with E-state index in [1.807, 2.05) is 24.3 Å². The van der Waals surface area contributed by atoms with Crippen LogP contribution in [0.1, 0.15) is 18.4 Å². The number of rotatable bonds is 9. The first-order valence-electron chi connectivity index (χ1n) is 7.95. The quantitative estimate of drug-likeness (QED) is 0.717. The number of hydrogen-bond donors (Lipinski definition) is 1. The monoisotopic (exact) mass is 331 g/mol. The van der Waals surface area contributed by atoms with E-state index in [2.05, 4.69) is 5.32 Å². The highest BCUT2D eigenvalue weighted by Gasteiger charge is 2.04. The van der Waals surface area contributed by atoms with Crippen LogP contribution in [0, 0.1) is 5.82 Å². The van der Waals surface area contributed by atoms with E-state index in [1.165, 1.54) is 12.1 Å². The van der Waals surface area contributed by atoms with Gasteiger partial charge in [0.15, 0.2) is 0 Å².